The molecule has 1 aliphatic rings. The van der Waals surface area contributed by atoms with Gasteiger partial charge in [0, 0.05) is 26.1 Å². The first kappa shape index (κ1) is 9.70. The Balaban J connectivity index is 2.22. The number of carbonyl (C=O) groups is 2. The summed E-state index contributed by atoms with van der Waals surface area (Å²) in [7, 11) is 1.75. The number of aromatic nitrogens is 2. The lowest BCUT2D eigenvalue weighted by Crippen LogP contribution is -2.29. The number of amides is 2. The fraction of sp³-hybridized carbons (Fsp3) is 0.444. The van der Waals surface area contributed by atoms with Crippen LogP contribution < -0.4 is 10.6 Å². The lowest BCUT2D eigenvalue weighted by molar-refractivity contribution is -0.123. The maximum absolute atomic E-state index is 11.6. The van der Waals surface area contributed by atoms with Gasteiger partial charge in [0.05, 0.1) is 12.1 Å². The van der Waals surface area contributed by atoms with Crippen LogP contribution in [0.3, 0.4) is 0 Å². The minimum absolute atomic E-state index is 0.0811. The molecule has 1 unspecified atom stereocenters. The highest BCUT2D eigenvalue weighted by atomic mass is 16.2. The summed E-state index contributed by atoms with van der Waals surface area (Å²) < 4.78 is 1.60. The second kappa shape index (κ2) is 3.38. The van der Waals surface area contributed by atoms with E-state index >= 15 is 0 Å². The Morgan fingerprint density at radius 1 is 1.67 bits per heavy atom. The molecular weight excluding hydrogens is 196 g/mol. The maximum Gasteiger partial charge on any atom is 0.229 e. The molecule has 1 fully saturated rings. The average Bonchev–Trinajstić information content (AvgIpc) is 2.71. The van der Waals surface area contributed by atoms with Crippen molar-refractivity contribution in [3.8, 4) is 0 Å². The van der Waals surface area contributed by atoms with Crippen LogP contribution in [0.2, 0.25) is 0 Å². The average molecular weight is 208 g/mol. The highest BCUT2D eigenvalue weighted by Crippen LogP contribution is 2.23. The van der Waals surface area contributed by atoms with Crippen molar-refractivity contribution in [1.29, 1.82) is 0 Å². The lowest BCUT2D eigenvalue weighted by Gasteiger charge is -2.15. The number of anilines is 1. The van der Waals surface area contributed by atoms with E-state index in [1.54, 1.807) is 28.9 Å². The number of hydrogen-bond acceptors (Lipinski definition) is 3. The number of primary amides is 1. The van der Waals surface area contributed by atoms with E-state index in [4.69, 9.17) is 5.73 Å². The molecule has 0 spiro atoms. The van der Waals surface area contributed by atoms with Crippen LogP contribution in [0.1, 0.15) is 6.42 Å². The molecule has 2 N–H and O–H groups in total. The van der Waals surface area contributed by atoms with Crippen LogP contribution in [0.25, 0.3) is 0 Å². The summed E-state index contributed by atoms with van der Waals surface area (Å²) in [4.78, 5) is 24.1. The van der Waals surface area contributed by atoms with Crippen LogP contribution in [-0.2, 0) is 16.6 Å². The molecule has 80 valence electrons. The van der Waals surface area contributed by atoms with Crippen molar-refractivity contribution in [3.63, 3.8) is 0 Å². The molecule has 1 aromatic heterocycles. The minimum Gasteiger partial charge on any atom is -0.369 e. The first-order valence-corrected chi connectivity index (χ1v) is 4.67. The highest BCUT2D eigenvalue weighted by molar-refractivity contribution is 5.99. The molecule has 0 aliphatic carbocycles. The first-order valence-electron chi connectivity index (χ1n) is 4.67. The predicted octanol–water partition coefficient (Wildman–Crippen LogP) is -0.742. The third-order valence-electron chi connectivity index (χ3n) is 2.60. The van der Waals surface area contributed by atoms with Gasteiger partial charge in [0.25, 0.3) is 0 Å². The molecule has 2 heterocycles. The van der Waals surface area contributed by atoms with Crippen molar-refractivity contribution in [2.45, 2.75) is 6.42 Å². The predicted molar refractivity (Wildman–Crippen MR) is 52.9 cm³/mol. The van der Waals surface area contributed by atoms with Gasteiger partial charge in [0.1, 0.15) is 5.82 Å². The van der Waals surface area contributed by atoms with Gasteiger partial charge in [-0.2, -0.15) is 5.10 Å². The molecule has 6 heteroatoms. The van der Waals surface area contributed by atoms with Gasteiger partial charge in [0.2, 0.25) is 11.8 Å². The number of aryl methyl sites for hydroxylation is 1. The van der Waals surface area contributed by atoms with E-state index in [1.807, 2.05) is 0 Å². The van der Waals surface area contributed by atoms with Gasteiger partial charge < -0.3 is 5.73 Å². The Bertz CT molecular complexity index is 412. The van der Waals surface area contributed by atoms with Crippen molar-refractivity contribution >= 4 is 17.6 Å². The normalized spacial score (nSPS) is 21.0. The van der Waals surface area contributed by atoms with E-state index in [1.165, 1.54) is 0 Å². The van der Waals surface area contributed by atoms with E-state index in [-0.39, 0.29) is 18.2 Å². The van der Waals surface area contributed by atoms with E-state index in [2.05, 4.69) is 5.10 Å². The summed E-state index contributed by atoms with van der Waals surface area (Å²) in [6.45, 7) is 0.355. The highest BCUT2D eigenvalue weighted by Gasteiger charge is 2.34. The summed E-state index contributed by atoms with van der Waals surface area (Å²) >= 11 is 0. The lowest BCUT2D eigenvalue weighted by atomic mass is 10.1. The SMILES string of the molecule is Cn1nccc1N1CC(C(N)=O)CC1=O. The molecular formula is C9H12N4O2. The summed E-state index contributed by atoms with van der Waals surface area (Å²) in [5.74, 6) is -0.188. The quantitative estimate of drug-likeness (QED) is 0.694. The van der Waals surface area contributed by atoms with E-state index < -0.39 is 5.91 Å². The van der Waals surface area contributed by atoms with Crippen molar-refractivity contribution < 1.29 is 9.59 Å². The van der Waals surface area contributed by atoms with Crippen LogP contribution in [0, 0.1) is 5.92 Å². The second-order valence-corrected chi connectivity index (χ2v) is 3.62. The number of rotatable bonds is 2. The first-order chi connectivity index (χ1) is 7.09. The number of carbonyl (C=O) groups excluding carboxylic acids is 2. The molecule has 0 bridgehead atoms. The van der Waals surface area contributed by atoms with Crippen LogP contribution >= 0.6 is 0 Å². The monoisotopic (exact) mass is 208 g/mol. The second-order valence-electron chi connectivity index (χ2n) is 3.62. The van der Waals surface area contributed by atoms with Gasteiger partial charge in [0.15, 0.2) is 0 Å². The summed E-state index contributed by atoms with van der Waals surface area (Å²) in [6.07, 6.45) is 1.81. The standard InChI is InChI=1S/C9H12N4O2/c1-12-7(2-3-11-12)13-5-6(9(10)15)4-8(13)14/h2-3,6H,4-5H2,1H3,(H2,10,15). The fourth-order valence-electron chi connectivity index (χ4n) is 1.75. The molecule has 2 amide bonds. The van der Waals surface area contributed by atoms with Crippen LogP contribution in [0.5, 0.6) is 0 Å². The van der Waals surface area contributed by atoms with E-state index in [9.17, 15) is 9.59 Å². The van der Waals surface area contributed by atoms with Gasteiger partial charge in [-0.15, -0.1) is 0 Å². The molecule has 6 nitrogen and oxygen atoms in total. The smallest absolute Gasteiger partial charge is 0.229 e. The Hall–Kier alpha value is -1.85. The van der Waals surface area contributed by atoms with Gasteiger partial charge in [-0.25, -0.2) is 0 Å². The molecule has 15 heavy (non-hydrogen) atoms. The number of nitrogens with zero attached hydrogens (tertiary/aromatic N) is 3. The number of hydrogen-bond donors (Lipinski definition) is 1. The molecule has 0 radical (unpaired) electrons. The molecule has 1 atom stereocenters. The molecule has 2 rings (SSSR count). The molecule has 0 aromatic carbocycles. The largest absolute Gasteiger partial charge is 0.369 e. The van der Waals surface area contributed by atoms with Gasteiger partial charge >= 0.3 is 0 Å². The van der Waals surface area contributed by atoms with E-state index in [0.29, 0.717) is 12.4 Å². The van der Waals surface area contributed by atoms with Crippen LogP contribution in [-0.4, -0.2) is 28.1 Å². The fourth-order valence-corrected chi connectivity index (χ4v) is 1.75. The molecule has 1 aliphatic heterocycles. The van der Waals surface area contributed by atoms with Crippen LogP contribution in [0.4, 0.5) is 5.82 Å². The Kier molecular flexibility index (Phi) is 2.18. The molecule has 0 saturated carbocycles. The van der Waals surface area contributed by atoms with E-state index in [0.717, 1.165) is 0 Å². The third kappa shape index (κ3) is 1.58. The zero-order valence-corrected chi connectivity index (χ0v) is 8.38. The van der Waals surface area contributed by atoms with Gasteiger partial charge in [-0.05, 0) is 0 Å². The zero-order chi connectivity index (χ0) is 11.0. The molecule has 1 saturated heterocycles. The van der Waals surface area contributed by atoms with Gasteiger partial charge in [-0.1, -0.05) is 0 Å². The van der Waals surface area contributed by atoms with Gasteiger partial charge in [-0.3, -0.25) is 19.2 Å². The maximum atomic E-state index is 11.6. The summed E-state index contributed by atoms with van der Waals surface area (Å²) in [6, 6.07) is 1.74. The minimum atomic E-state index is -0.423. The van der Waals surface area contributed by atoms with Crippen molar-refractivity contribution in [3.05, 3.63) is 12.3 Å². The van der Waals surface area contributed by atoms with Crippen molar-refractivity contribution in [1.82, 2.24) is 9.78 Å². The van der Waals surface area contributed by atoms with Crippen molar-refractivity contribution in [2.24, 2.45) is 18.7 Å². The summed E-state index contributed by atoms with van der Waals surface area (Å²) in [5.41, 5.74) is 5.17. The molecule has 1 aromatic rings. The Morgan fingerprint density at radius 2 is 2.40 bits per heavy atom. The van der Waals surface area contributed by atoms with Crippen molar-refractivity contribution in [2.75, 3.05) is 11.4 Å². The Labute approximate surface area is 86.6 Å². The number of nitrogens with two attached hydrogens (primary N) is 1. The summed E-state index contributed by atoms with van der Waals surface area (Å²) in [5, 5.41) is 3.97. The third-order valence-corrected chi connectivity index (χ3v) is 2.60. The van der Waals surface area contributed by atoms with Crippen LogP contribution in [0.15, 0.2) is 12.3 Å². The zero-order valence-electron chi connectivity index (χ0n) is 8.38. The topological polar surface area (TPSA) is 81.2 Å². The Morgan fingerprint density at radius 3 is 2.87 bits per heavy atom.